The Labute approximate surface area is 158 Å². The van der Waals surface area contributed by atoms with Crippen LogP contribution in [0.5, 0.6) is 5.75 Å². The molecule has 1 aromatic heterocycles. The van der Waals surface area contributed by atoms with Crippen LogP contribution in [0.25, 0.3) is 0 Å². The Balaban J connectivity index is 1.47. The Morgan fingerprint density at radius 1 is 1.22 bits per heavy atom. The molecule has 3 N–H and O–H groups in total. The van der Waals surface area contributed by atoms with Gasteiger partial charge in [0, 0.05) is 19.4 Å². The van der Waals surface area contributed by atoms with Gasteiger partial charge in [-0.2, -0.15) is 0 Å². The lowest BCUT2D eigenvalue weighted by Gasteiger charge is -2.23. The molecule has 0 radical (unpaired) electrons. The van der Waals surface area contributed by atoms with E-state index < -0.39 is 0 Å². The number of morpholine rings is 1. The molecule has 1 aliphatic heterocycles. The molecule has 146 valence electrons. The Hall–Kier alpha value is -2.45. The molecular formula is C19H28N5O3+. The third-order valence-corrected chi connectivity index (χ3v) is 4.57. The largest absolute Gasteiger partial charge is 0.494 e. The number of benzene rings is 1. The van der Waals surface area contributed by atoms with Crippen molar-refractivity contribution in [3.05, 3.63) is 45.9 Å². The van der Waals surface area contributed by atoms with Crippen LogP contribution < -0.4 is 20.5 Å². The SMILES string of the molecule is CCOc1ccc(Cc2nnc(NCCC[NH+]3CCOCC3)[nH]c2=O)cc1. The van der Waals surface area contributed by atoms with Gasteiger partial charge in [0.1, 0.15) is 24.5 Å². The van der Waals surface area contributed by atoms with Gasteiger partial charge in [-0.3, -0.25) is 9.78 Å². The van der Waals surface area contributed by atoms with Gasteiger partial charge in [0.15, 0.2) is 0 Å². The summed E-state index contributed by atoms with van der Waals surface area (Å²) >= 11 is 0. The van der Waals surface area contributed by atoms with Crippen molar-refractivity contribution < 1.29 is 14.4 Å². The third-order valence-electron chi connectivity index (χ3n) is 4.57. The first-order valence-corrected chi connectivity index (χ1v) is 9.57. The molecule has 2 heterocycles. The number of quaternary nitrogens is 1. The van der Waals surface area contributed by atoms with E-state index in [0.29, 0.717) is 24.7 Å². The van der Waals surface area contributed by atoms with Crippen molar-refractivity contribution in [1.29, 1.82) is 0 Å². The van der Waals surface area contributed by atoms with Crippen LogP contribution >= 0.6 is 0 Å². The fraction of sp³-hybridized carbons (Fsp3) is 0.526. The van der Waals surface area contributed by atoms with Crippen LogP contribution in [0.15, 0.2) is 29.1 Å². The predicted octanol–water partition coefficient (Wildman–Crippen LogP) is -0.128. The zero-order valence-electron chi connectivity index (χ0n) is 15.8. The molecule has 0 unspecified atom stereocenters. The van der Waals surface area contributed by atoms with E-state index in [4.69, 9.17) is 9.47 Å². The zero-order valence-corrected chi connectivity index (χ0v) is 15.8. The van der Waals surface area contributed by atoms with Gasteiger partial charge in [-0.05, 0) is 24.6 Å². The minimum absolute atomic E-state index is 0.208. The van der Waals surface area contributed by atoms with E-state index in [0.717, 1.165) is 57.1 Å². The van der Waals surface area contributed by atoms with Crippen molar-refractivity contribution >= 4 is 5.95 Å². The quantitative estimate of drug-likeness (QED) is 0.530. The summed E-state index contributed by atoms with van der Waals surface area (Å²) in [4.78, 5) is 16.6. The highest BCUT2D eigenvalue weighted by molar-refractivity contribution is 5.30. The molecule has 0 aliphatic carbocycles. The lowest BCUT2D eigenvalue weighted by molar-refractivity contribution is -0.908. The van der Waals surface area contributed by atoms with Crippen LogP contribution in [-0.2, 0) is 11.2 Å². The van der Waals surface area contributed by atoms with Crippen LogP contribution in [-0.4, -0.2) is 61.2 Å². The van der Waals surface area contributed by atoms with Gasteiger partial charge in [-0.15, -0.1) is 10.2 Å². The first-order chi connectivity index (χ1) is 13.2. The summed E-state index contributed by atoms with van der Waals surface area (Å²) in [6.07, 6.45) is 1.45. The monoisotopic (exact) mass is 374 g/mol. The molecule has 8 nitrogen and oxygen atoms in total. The second-order valence-corrected chi connectivity index (χ2v) is 6.60. The molecule has 0 atom stereocenters. The molecule has 1 saturated heterocycles. The van der Waals surface area contributed by atoms with Gasteiger partial charge in [-0.25, -0.2) is 0 Å². The average molecular weight is 374 g/mol. The van der Waals surface area contributed by atoms with Crippen molar-refractivity contribution in [3.8, 4) is 5.75 Å². The summed E-state index contributed by atoms with van der Waals surface area (Å²) in [5.74, 6) is 1.24. The lowest BCUT2D eigenvalue weighted by Crippen LogP contribution is -3.14. The number of rotatable bonds is 9. The van der Waals surface area contributed by atoms with E-state index in [9.17, 15) is 4.79 Å². The normalized spacial score (nSPS) is 14.9. The number of aromatic nitrogens is 3. The topological polar surface area (TPSA) is 93.6 Å². The summed E-state index contributed by atoms with van der Waals surface area (Å²) in [6.45, 7) is 8.24. The van der Waals surface area contributed by atoms with Crippen molar-refractivity contribution in [2.24, 2.45) is 0 Å². The average Bonchev–Trinajstić information content (AvgIpc) is 2.70. The van der Waals surface area contributed by atoms with Crippen LogP contribution in [0.1, 0.15) is 24.6 Å². The van der Waals surface area contributed by atoms with Crippen molar-refractivity contribution in [2.75, 3.05) is 51.3 Å². The summed E-state index contributed by atoms with van der Waals surface area (Å²) < 4.78 is 10.8. The molecule has 1 aromatic carbocycles. The number of H-pyrrole nitrogens is 1. The van der Waals surface area contributed by atoms with E-state index in [1.54, 1.807) is 4.90 Å². The smallest absolute Gasteiger partial charge is 0.274 e. The Morgan fingerprint density at radius 2 is 2.00 bits per heavy atom. The van der Waals surface area contributed by atoms with Gasteiger partial charge in [0.05, 0.1) is 26.4 Å². The van der Waals surface area contributed by atoms with E-state index in [1.807, 2.05) is 31.2 Å². The van der Waals surface area contributed by atoms with E-state index in [-0.39, 0.29) is 5.56 Å². The second kappa shape index (κ2) is 10.0. The van der Waals surface area contributed by atoms with Gasteiger partial charge in [0.25, 0.3) is 5.56 Å². The molecule has 27 heavy (non-hydrogen) atoms. The molecule has 0 bridgehead atoms. The number of ether oxygens (including phenoxy) is 2. The van der Waals surface area contributed by atoms with Crippen LogP contribution in [0.4, 0.5) is 5.95 Å². The predicted molar refractivity (Wildman–Crippen MR) is 103 cm³/mol. The van der Waals surface area contributed by atoms with Gasteiger partial charge in [-0.1, -0.05) is 12.1 Å². The molecule has 1 fully saturated rings. The van der Waals surface area contributed by atoms with Gasteiger partial charge < -0.3 is 19.7 Å². The fourth-order valence-electron chi connectivity index (χ4n) is 3.07. The number of anilines is 1. The molecule has 1 aliphatic rings. The van der Waals surface area contributed by atoms with Crippen LogP contribution in [0.3, 0.4) is 0 Å². The number of aromatic amines is 1. The number of nitrogens with zero attached hydrogens (tertiary/aromatic N) is 2. The van der Waals surface area contributed by atoms with E-state index in [1.165, 1.54) is 0 Å². The Bertz CT molecular complexity index is 757. The minimum atomic E-state index is -0.208. The van der Waals surface area contributed by atoms with Gasteiger partial charge in [0.2, 0.25) is 5.95 Å². The maximum atomic E-state index is 12.3. The highest BCUT2D eigenvalue weighted by Gasteiger charge is 2.13. The molecule has 0 amide bonds. The second-order valence-electron chi connectivity index (χ2n) is 6.60. The number of hydrogen-bond donors (Lipinski definition) is 3. The van der Waals surface area contributed by atoms with E-state index >= 15 is 0 Å². The molecular weight excluding hydrogens is 346 g/mol. The highest BCUT2D eigenvalue weighted by Crippen LogP contribution is 2.13. The number of hydrogen-bond acceptors (Lipinski definition) is 6. The number of nitrogens with one attached hydrogen (secondary N) is 3. The standard InChI is InChI=1S/C19H27N5O3/c1-2-27-16-6-4-15(5-7-16)14-17-18(25)21-19(23-22-17)20-8-3-9-24-10-12-26-13-11-24/h4-7H,2-3,8-14H2,1H3,(H2,20,21,23,25)/p+1. The van der Waals surface area contributed by atoms with Crippen LogP contribution in [0, 0.1) is 0 Å². The molecule has 8 heteroatoms. The first kappa shape index (κ1) is 19.3. The summed E-state index contributed by atoms with van der Waals surface area (Å²) in [7, 11) is 0. The molecule has 3 rings (SSSR count). The zero-order chi connectivity index (χ0) is 18.9. The highest BCUT2D eigenvalue weighted by atomic mass is 16.5. The molecule has 2 aromatic rings. The van der Waals surface area contributed by atoms with Crippen molar-refractivity contribution in [1.82, 2.24) is 15.2 Å². The summed E-state index contributed by atoms with van der Waals surface area (Å²) in [5.41, 5.74) is 1.19. The first-order valence-electron chi connectivity index (χ1n) is 9.57. The van der Waals surface area contributed by atoms with Gasteiger partial charge >= 0.3 is 0 Å². The van der Waals surface area contributed by atoms with E-state index in [2.05, 4.69) is 20.5 Å². The third kappa shape index (κ3) is 6.04. The Morgan fingerprint density at radius 3 is 2.70 bits per heavy atom. The van der Waals surface area contributed by atoms with Crippen molar-refractivity contribution in [3.63, 3.8) is 0 Å². The molecule has 0 saturated carbocycles. The summed E-state index contributed by atoms with van der Waals surface area (Å²) in [5, 5.41) is 11.3. The minimum Gasteiger partial charge on any atom is -0.494 e. The molecule has 0 spiro atoms. The fourth-order valence-corrected chi connectivity index (χ4v) is 3.07. The van der Waals surface area contributed by atoms with Crippen molar-refractivity contribution in [2.45, 2.75) is 19.8 Å². The lowest BCUT2D eigenvalue weighted by atomic mass is 10.1. The Kier molecular flexibility index (Phi) is 7.18. The maximum Gasteiger partial charge on any atom is 0.274 e. The van der Waals surface area contributed by atoms with Crippen LogP contribution in [0.2, 0.25) is 0 Å². The maximum absolute atomic E-state index is 12.3. The summed E-state index contributed by atoms with van der Waals surface area (Å²) in [6, 6.07) is 7.66.